The predicted molar refractivity (Wildman–Crippen MR) is 96.3 cm³/mol. The largest absolute Gasteiger partial charge is 0.496 e. The van der Waals surface area contributed by atoms with E-state index in [9.17, 15) is 9.59 Å². The lowest BCUT2D eigenvalue weighted by Crippen LogP contribution is -2.45. The fourth-order valence-electron chi connectivity index (χ4n) is 2.90. The number of allylic oxidation sites excluding steroid dienone is 1. The summed E-state index contributed by atoms with van der Waals surface area (Å²) in [5, 5.41) is 5.42. The highest BCUT2D eigenvalue weighted by Crippen LogP contribution is 2.28. The number of carbonyl (C=O) groups excluding carboxylic acids is 2. The summed E-state index contributed by atoms with van der Waals surface area (Å²) in [4.78, 5) is 24.6. The van der Waals surface area contributed by atoms with Gasteiger partial charge in [0.15, 0.2) is 0 Å². The number of esters is 1. The SMILES string of the molecule is COc1ccccc1COC(=O)C1=C(C)NC(=O)NC1c1ccccc1. The van der Waals surface area contributed by atoms with Gasteiger partial charge in [-0.05, 0) is 18.6 Å². The van der Waals surface area contributed by atoms with Crippen LogP contribution in [0, 0.1) is 0 Å². The summed E-state index contributed by atoms with van der Waals surface area (Å²) in [6.07, 6.45) is 0. The molecule has 2 aromatic rings. The normalized spacial score (nSPS) is 16.5. The lowest BCUT2D eigenvalue weighted by atomic mass is 9.96. The quantitative estimate of drug-likeness (QED) is 0.811. The van der Waals surface area contributed by atoms with Crippen LogP contribution in [-0.4, -0.2) is 19.1 Å². The fraction of sp³-hybridized carbons (Fsp3) is 0.200. The molecule has 0 bridgehead atoms. The average Bonchev–Trinajstić information content (AvgIpc) is 2.66. The minimum atomic E-state index is -0.560. The third-order valence-electron chi connectivity index (χ3n) is 4.17. The minimum Gasteiger partial charge on any atom is -0.496 e. The third-order valence-corrected chi connectivity index (χ3v) is 4.17. The summed E-state index contributed by atoms with van der Waals surface area (Å²) in [6.45, 7) is 1.77. The van der Waals surface area contributed by atoms with Crippen LogP contribution < -0.4 is 15.4 Å². The van der Waals surface area contributed by atoms with Crippen molar-refractivity contribution in [3.05, 3.63) is 77.0 Å². The zero-order valence-corrected chi connectivity index (χ0v) is 14.6. The van der Waals surface area contributed by atoms with Crippen LogP contribution in [-0.2, 0) is 16.1 Å². The monoisotopic (exact) mass is 352 g/mol. The van der Waals surface area contributed by atoms with Gasteiger partial charge in [-0.2, -0.15) is 0 Å². The molecule has 0 radical (unpaired) electrons. The number of hydrogen-bond acceptors (Lipinski definition) is 4. The van der Waals surface area contributed by atoms with Crippen molar-refractivity contribution in [2.75, 3.05) is 7.11 Å². The van der Waals surface area contributed by atoms with Crippen LogP contribution in [0.4, 0.5) is 4.79 Å². The van der Waals surface area contributed by atoms with Crippen LogP contribution in [0.5, 0.6) is 5.75 Å². The van der Waals surface area contributed by atoms with Gasteiger partial charge in [0.2, 0.25) is 0 Å². The van der Waals surface area contributed by atoms with Crippen molar-refractivity contribution < 1.29 is 19.1 Å². The molecule has 1 atom stereocenters. The molecule has 134 valence electrons. The second-order valence-corrected chi connectivity index (χ2v) is 5.87. The first kappa shape index (κ1) is 17.5. The molecule has 6 heteroatoms. The van der Waals surface area contributed by atoms with Gasteiger partial charge in [0, 0.05) is 11.3 Å². The van der Waals surface area contributed by atoms with E-state index in [0.29, 0.717) is 17.0 Å². The molecule has 1 heterocycles. The number of ether oxygens (including phenoxy) is 2. The Balaban J connectivity index is 1.83. The Hall–Kier alpha value is -3.28. The molecule has 6 nitrogen and oxygen atoms in total. The highest BCUT2D eigenvalue weighted by molar-refractivity contribution is 5.95. The highest BCUT2D eigenvalue weighted by atomic mass is 16.5. The maximum Gasteiger partial charge on any atom is 0.338 e. The van der Waals surface area contributed by atoms with Crippen molar-refractivity contribution >= 4 is 12.0 Å². The van der Waals surface area contributed by atoms with Crippen LogP contribution in [0.15, 0.2) is 65.9 Å². The number of carbonyl (C=O) groups is 2. The Morgan fingerprint density at radius 1 is 1.08 bits per heavy atom. The Morgan fingerprint density at radius 3 is 2.50 bits per heavy atom. The van der Waals surface area contributed by atoms with Crippen molar-refractivity contribution in [3.8, 4) is 5.75 Å². The molecule has 0 spiro atoms. The van der Waals surface area contributed by atoms with E-state index in [1.165, 1.54) is 0 Å². The molecule has 2 N–H and O–H groups in total. The highest BCUT2D eigenvalue weighted by Gasteiger charge is 2.32. The van der Waals surface area contributed by atoms with E-state index in [1.807, 2.05) is 54.6 Å². The minimum absolute atomic E-state index is 0.0785. The number of rotatable bonds is 5. The van der Waals surface area contributed by atoms with Gasteiger partial charge in [-0.15, -0.1) is 0 Å². The summed E-state index contributed by atoms with van der Waals surface area (Å²) in [5.74, 6) is 0.162. The average molecular weight is 352 g/mol. The lowest BCUT2D eigenvalue weighted by Gasteiger charge is -2.28. The smallest absolute Gasteiger partial charge is 0.338 e. The number of para-hydroxylation sites is 1. The summed E-state index contributed by atoms with van der Waals surface area (Å²) in [5.41, 5.74) is 2.44. The number of methoxy groups -OCH3 is 1. The van der Waals surface area contributed by atoms with E-state index in [2.05, 4.69) is 10.6 Å². The van der Waals surface area contributed by atoms with Crippen molar-refractivity contribution in [2.45, 2.75) is 19.6 Å². The summed E-state index contributed by atoms with van der Waals surface area (Å²) >= 11 is 0. The molecule has 1 unspecified atom stereocenters. The van der Waals surface area contributed by atoms with Crippen LogP contribution >= 0.6 is 0 Å². The first-order chi connectivity index (χ1) is 12.6. The molecule has 0 aliphatic carbocycles. The van der Waals surface area contributed by atoms with Gasteiger partial charge in [0.1, 0.15) is 12.4 Å². The zero-order chi connectivity index (χ0) is 18.5. The first-order valence-electron chi connectivity index (χ1n) is 8.22. The van der Waals surface area contributed by atoms with E-state index in [0.717, 1.165) is 11.1 Å². The standard InChI is InChI=1S/C20H20N2O4/c1-13-17(18(22-20(24)21-13)14-8-4-3-5-9-14)19(23)26-12-15-10-6-7-11-16(15)25-2/h3-11,18H,12H2,1-2H3,(H2,21,22,24). The molecule has 0 saturated heterocycles. The van der Waals surface area contributed by atoms with Crippen molar-refractivity contribution in [1.29, 1.82) is 0 Å². The van der Waals surface area contributed by atoms with Crippen molar-refractivity contribution in [2.24, 2.45) is 0 Å². The molecule has 2 aromatic carbocycles. The summed E-state index contributed by atoms with van der Waals surface area (Å²) in [7, 11) is 1.57. The van der Waals surface area contributed by atoms with Gasteiger partial charge in [-0.1, -0.05) is 48.5 Å². The van der Waals surface area contributed by atoms with E-state index < -0.39 is 12.0 Å². The van der Waals surface area contributed by atoms with E-state index in [4.69, 9.17) is 9.47 Å². The van der Waals surface area contributed by atoms with Gasteiger partial charge in [-0.3, -0.25) is 0 Å². The maximum atomic E-state index is 12.8. The summed E-state index contributed by atoms with van der Waals surface area (Å²) < 4.78 is 10.8. The Labute approximate surface area is 151 Å². The lowest BCUT2D eigenvalue weighted by molar-refractivity contribution is -0.140. The van der Waals surface area contributed by atoms with E-state index in [-0.39, 0.29) is 12.6 Å². The molecule has 26 heavy (non-hydrogen) atoms. The Kier molecular flexibility index (Phi) is 5.22. The van der Waals surface area contributed by atoms with E-state index in [1.54, 1.807) is 14.0 Å². The van der Waals surface area contributed by atoms with Crippen molar-refractivity contribution in [1.82, 2.24) is 10.6 Å². The van der Waals surface area contributed by atoms with Crippen LogP contribution in [0.3, 0.4) is 0 Å². The summed E-state index contributed by atoms with van der Waals surface area (Å²) in [6, 6.07) is 15.7. The molecule has 2 amide bonds. The number of nitrogens with one attached hydrogen (secondary N) is 2. The second kappa shape index (κ2) is 7.74. The number of benzene rings is 2. The maximum absolute atomic E-state index is 12.8. The number of amides is 2. The molecule has 1 aliphatic rings. The van der Waals surface area contributed by atoms with Gasteiger partial charge in [0.25, 0.3) is 0 Å². The van der Waals surface area contributed by atoms with Gasteiger partial charge in [0.05, 0.1) is 18.7 Å². The van der Waals surface area contributed by atoms with Crippen LogP contribution in [0.2, 0.25) is 0 Å². The second-order valence-electron chi connectivity index (χ2n) is 5.87. The van der Waals surface area contributed by atoms with Crippen molar-refractivity contribution in [3.63, 3.8) is 0 Å². The number of hydrogen-bond donors (Lipinski definition) is 2. The Morgan fingerprint density at radius 2 is 1.77 bits per heavy atom. The molecular weight excluding hydrogens is 332 g/mol. The first-order valence-corrected chi connectivity index (χ1v) is 8.22. The fourth-order valence-corrected chi connectivity index (χ4v) is 2.90. The van der Waals surface area contributed by atoms with E-state index >= 15 is 0 Å². The molecule has 1 aliphatic heterocycles. The molecular formula is C20H20N2O4. The predicted octanol–water partition coefficient (Wildman–Crippen LogP) is 3.07. The van der Waals surface area contributed by atoms with Gasteiger partial charge in [-0.25, -0.2) is 9.59 Å². The molecule has 0 saturated carbocycles. The molecule has 0 aromatic heterocycles. The van der Waals surface area contributed by atoms with Gasteiger partial charge < -0.3 is 20.1 Å². The third kappa shape index (κ3) is 3.69. The topological polar surface area (TPSA) is 76.7 Å². The van der Waals surface area contributed by atoms with Crippen LogP contribution in [0.1, 0.15) is 24.1 Å². The van der Waals surface area contributed by atoms with Gasteiger partial charge >= 0.3 is 12.0 Å². The Bertz CT molecular complexity index is 846. The zero-order valence-electron chi connectivity index (χ0n) is 14.6. The molecule has 3 rings (SSSR count). The number of urea groups is 1. The van der Waals surface area contributed by atoms with Crippen LogP contribution in [0.25, 0.3) is 0 Å². The molecule has 0 fully saturated rings.